The number of rotatable bonds is 6. The first-order chi connectivity index (χ1) is 11.3. The molecule has 0 unspecified atom stereocenters. The predicted octanol–water partition coefficient (Wildman–Crippen LogP) is 2.87. The van der Waals surface area contributed by atoms with Gasteiger partial charge >= 0.3 is 5.97 Å². The van der Waals surface area contributed by atoms with Crippen LogP contribution >= 0.6 is 0 Å². The Morgan fingerprint density at radius 3 is 1.88 bits per heavy atom. The van der Waals surface area contributed by atoms with E-state index in [0.29, 0.717) is 11.4 Å². The molecule has 2 aromatic carbocycles. The Hall–Kier alpha value is -2.78. The maximum absolute atomic E-state index is 10.9. The molecule has 0 aromatic heterocycles. The number of likely N-dealkylation sites (N-methyl/N-ethyl adjacent to an activating group) is 1. The molecule has 126 valence electrons. The summed E-state index contributed by atoms with van der Waals surface area (Å²) in [7, 11) is -2.56. The van der Waals surface area contributed by atoms with E-state index in [1.807, 2.05) is 0 Å². The second-order valence-corrected chi connectivity index (χ2v) is 6.36. The van der Waals surface area contributed by atoms with Gasteiger partial charge in [-0.3, -0.25) is 9.35 Å². The fourth-order valence-electron chi connectivity index (χ4n) is 1.87. The van der Waals surface area contributed by atoms with Crippen LogP contribution in [0.15, 0.2) is 63.7 Å². The Bertz CT molecular complexity index is 846. The molecule has 0 bridgehead atoms. The van der Waals surface area contributed by atoms with E-state index in [2.05, 4.69) is 10.2 Å². The third-order valence-electron chi connectivity index (χ3n) is 3.08. The van der Waals surface area contributed by atoms with E-state index >= 15 is 0 Å². The molecule has 2 N–H and O–H groups in total. The molecule has 0 saturated carbocycles. The number of carboxylic acid groups (broad SMARTS) is 1. The minimum atomic E-state index is -4.23. The summed E-state index contributed by atoms with van der Waals surface area (Å²) in [6, 6.07) is 12.1. The first kappa shape index (κ1) is 17.6. The van der Waals surface area contributed by atoms with Crippen LogP contribution in [0.2, 0.25) is 0 Å². The molecule has 0 amide bonds. The van der Waals surface area contributed by atoms with Gasteiger partial charge in [-0.2, -0.15) is 18.6 Å². The fraction of sp³-hybridized carbons (Fsp3) is 0.133. The number of hydrogen-bond acceptors (Lipinski definition) is 6. The lowest BCUT2D eigenvalue weighted by atomic mass is 10.2. The van der Waals surface area contributed by atoms with Gasteiger partial charge in [0.2, 0.25) is 0 Å². The van der Waals surface area contributed by atoms with Crippen molar-refractivity contribution in [1.82, 2.24) is 0 Å². The SMILES string of the molecule is CN(CC(=O)O)c1ccc(N=Nc2ccc(S(=O)(=O)O)cc2)cc1. The molecule has 2 aromatic rings. The predicted molar refractivity (Wildman–Crippen MR) is 87.8 cm³/mol. The van der Waals surface area contributed by atoms with Crippen molar-refractivity contribution in [2.75, 3.05) is 18.5 Å². The Labute approximate surface area is 138 Å². The average Bonchev–Trinajstić information content (AvgIpc) is 2.52. The highest BCUT2D eigenvalue weighted by atomic mass is 32.2. The molecule has 8 nitrogen and oxygen atoms in total. The van der Waals surface area contributed by atoms with Crippen LogP contribution in [-0.4, -0.2) is 37.6 Å². The van der Waals surface area contributed by atoms with E-state index in [4.69, 9.17) is 9.66 Å². The zero-order chi connectivity index (χ0) is 17.7. The highest BCUT2D eigenvalue weighted by molar-refractivity contribution is 7.85. The van der Waals surface area contributed by atoms with Crippen molar-refractivity contribution < 1.29 is 22.9 Å². The molecular weight excluding hydrogens is 334 g/mol. The Kier molecular flexibility index (Phi) is 5.27. The molecule has 0 heterocycles. The summed E-state index contributed by atoms with van der Waals surface area (Å²) < 4.78 is 30.8. The molecule has 2 rings (SSSR count). The molecule has 0 aliphatic carbocycles. The van der Waals surface area contributed by atoms with Crippen LogP contribution in [0.4, 0.5) is 17.1 Å². The second kappa shape index (κ2) is 7.20. The van der Waals surface area contributed by atoms with Crippen molar-refractivity contribution in [2.24, 2.45) is 10.2 Å². The van der Waals surface area contributed by atoms with E-state index < -0.39 is 16.1 Å². The van der Waals surface area contributed by atoms with Gasteiger partial charge in [-0.1, -0.05) is 0 Å². The molecule has 0 aliphatic rings. The number of azo groups is 1. The smallest absolute Gasteiger partial charge is 0.323 e. The van der Waals surface area contributed by atoms with Gasteiger partial charge in [-0.05, 0) is 48.5 Å². The van der Waals surface area contributed by atoms with Crippen LogP contribution in [0, 0.1) is 0 Å². The van der Waals surface area contributed by atoms with Crippen molar-refractivity contribution in [3.8, 4) is 0 Å². The number of anilines is 1. The fourth-order valence-corrected chi connectivity index (χ4v) is 2.35. The van der Waals surface area contributed by atoms with Crippen LogP contribution in [0.5, 0.6) is 0 Å². The lowest BCUT2D eigenvalue weighted by molar-refractivity contribution is -0.135. The molecule has 0 spiro atoms. The Morgan fingerprint density at radius 2 is 1.46 bits per heavy atom. The molecule has 0 radical (unpaired) electrons. The minimum absolute atomic E-state index is 0.110. The zero-order valence-corrected chi connectivity index (χ0v) is 13.5. The number of hydrogen-bond donors (Lipinski definition) is 2. The number of benzene rings is 2. The van der Waals surface area contributed by atoms with E-state index in [0.717, 1.165) is 5.69 Å². The van der Waals surface area contributed by atoms with Gasteiger partial charge in [0.15, 0.2) is 0 Å². The molecule has 24 heavy (non-hydrogen) atoms. The number of carboxylic acids is 1. The number of nitrogens with zero attached hydrogens (tertiary/aromatic N) is 3. The van der Waals surface area contributed by atoms with E-state index in [9.17, 15) is 13.2 Å². The van der Waals surface area contributed by atoms with Gasteiger partial charge in [0.05, 0.1) is 16.3 Å². The van der Waals surface area contributed by atoms with Gasteiger partial charge in [-0.15, -0.1) is 0 Å². The summed E-state index contributed by atoms with van der Waals surface area (Å²) >= 11 is 0. The summed E-state index contributed by atoms with van der Waals surface area (Å²) in [6.07, 6.45) is 0. The summed E-state index contributed by atoms with van der Waals surface area (Å²) in [5.41, 5.74) is 1.71. The third kappa shape index (κ3) is 4.86. The summed E-state index contributed by atoms with van der Waals surface area (Å²) in [4.78, 5) is 12.0. The largest absolute Gasteiger partial charge is 0.480 e. The Balaban J connectivity index is 2.08. The topological polar surface area (TPSA) is 120 Å². The van der Waals surface area contributed by atoms with Crippen molar-refractivity contribution in [3.63, 3.8) is 0 Å². The van der Waals surface area contributed by atoms with E-state index in [-0.39, 0.29) is 11.4 Å². The third-order valence-corrected chi connectivity index (χ3v) is 3.95. The second-order valence-electron chi connectivity index (χ2n) is 4.94. The van der Waals surface area contributed by atoms with Crippen LogP contribution in [0.3, 0.4) is 0 Å². The molecule has 0 fully saturated rings. The summed E-state index contributed by atoms with van der Waals surface area (Å²) in [5.74, 6) is -0.922. The van der Waals surface area contributed by atoms with Crippen LogP contribution in [0.25, 0.3) is 0 Å². The van der Waals surface area contributed by atoms with Crippen LogP contribution in [0.1, 0.15) is 0 Å². The normalized spacial score (nSPS) is 11.6. The van der Waals surface area contributed by atoms with Crippen LogP contribution < -0.4 is 4.90 Å². The molecule has 9 heteroatoms. The van der Waals surface area contributed by atoms with Gasteiger partial charge in [0.25, 0.3) is 10.1 Å². The minimum Gasteiger partial charge on any atom is -0.480 e. The molecule has 0 aliphatic heterocycles. The van der Waals surface area contributed by atoms with Gasteiger partial charge in [0.1, 0.15) is 6.54 Å². The monoisotopic (exact) mass is 349 g/mol. The maximum atomic E-state index is 10.9. The lowest BCUT2D eigenvalue weighted by Gasteiger charge is -2.16. The molecule has 0 saturated heterocycles. The van der Waals surface area contributed by atoms with E-state index in [1.165, 1.54) is 24.3 Å². The highest BCUT2D eigenvalue weighted by Gasteiger charge is 2.08. The molecule has 0 atom stereocenters. The highest BCUT2D eigenvalue weighted by Crippen LogP contribution is 2.22. The lowest BCUT2D eigenvalue weighted by Crippen LogP contribution is -2.24. The Morgan fingerprint density at radius 1 is 1.00 bits per heavy atom. The van der Waals surface area contributed by atoms with Crippen LogP contribution in [-0.2, 0) is 14.9 Å². The van der Waals surface area contributed by atoms with Crippen molar-refractivity contribution >= 4 is 33.1 Å². The zero-order valence-electron chi connectivity index (χ0n) is 12.7. The van der Waals surface area contributed by atoms with E-state index in [1.54, 1.807) is 36.2 Å². The quantitative estimate of drug-likeness (QED) is 0.611. The van der Waals surface area contributed by atoms with Crippen molar-refractivity contribution in [3.05, 3.63) is 48.5 Å². The number of aliphatic carboxylic acids is 1. The molecular formula is C15H15N3O5S. The first-order valence-electron chi connectivity index (χ1n) is 6.78. The van der Waals surface area contributed by atoms with Gasteiger partial charge in [-0.25, -0.2) is 0 Å². The maximum Gasteiger partial charge on any atom is 0.323 e. The average molecular weight is 349 g/mol. The standard InChI is InChI=1S/C15H15N3O5S/c1-18(10-15(19)20)13-6-2-11(3-7-13)16-17-12-4-8-14(9-5-12)24(21,22)23/h2-9H,10H2,1H3,(H,19,20)(H,21,22,23). The summed E-state index contributed by atoms with van der Waals surface area (Å²) in [6.45, 7) is -0.110. The first-order valence-corrected chi connectivity index (χ1v) is 8.22. The summed E-state index contributed by atoms with van der Waals surface area (Å²) in [5, 5.41) is 16.7. The van der Waals surface area contributed by atoms with Gasteiger partial charge in [0, 0.05) is 12.7 Å². The van der Waals surface area contributed by atoms with Crippen molar-refractivity contribution in [1.29, 1.82) is 0 Å². The number of carbonyl (C=O) groups is 1. The van der Waals surface area contributed by atoms with Crippen molar-refractivity contribution in [2.45, 2.75) is 4.90 Å². The van der Waals surface area contributed by atoms with Gasteiger partial charge < -0.3 is 10.0 Å².